The highest BCUT2D eigenvalue weighted by molar-refractivity contribution is 5.81. The lowest BCUT2D eigenvalue weighted by atomic mass is 9.88. The lowest BCUT2D eigenvalue weighted by Gasteiger charge is -2.42. The molecule has 1 saturated heterocycles. The molecule has 3 rings (SSSR count). The van der Waals surface area contributed by atoms with E-state index in [1.54, 1.807) is 0 Å². The van der Waals surface area contributed by atoms with Gasteiger partial charge in [0.2, 0.25) is 0 Å². The molecule has 2 heterocycles. The van der Waals surface area contributed by atoms with Gasteiger partial charge >= 0.3 is 0 Å². The Morgan fingerprint density at radius 3 is 2.75 bits per heavy atom. The Hall–Kier alpha value is -0.770. The summed E-state index contributed by atoms with van der Waals surface area (Å²) in [6.45, 7) is 6.95. The molecule has 2 fully saturated rings. The summed E-state index contributed by atoms with van der Waals surface area (Å²) in [4.78, 5) is 9.84. The molecule has 1 aliphatic carbocycles. The van der Waals surface area contributed by atoms with Gasteiger partial charge in [-0.1, -0.05) is 19.8 Å². The SMILES string of the molecule is CCCN1CCCC2(CC1)CN=C(N)N2C1CCCC1. The molecule has 4 heteroatoms. The lowest BCUT2D eigenvalue weighted by Crippen LogP contribution is -2.56. The third-order valence-corrected chi connectivity index (χ3v) is 5.53. The van der Waals surface area contributed by atoms with E-state index in [2.05, 4.69) is 21.7 Å². The molecule has 2 N–H and O–H groups in total. The van der Waals surface area contributed by atoms with E-state index in [1.807, 2.05) is 0 Å². The molecule has 0 aromatic carbocycles. The van der Waals surface area contributed by atoms with E-state index < -0.39 is 0 Å². The molecule has 4 nitrogen and oxygen atoms in total. The Bertz CT molecular complexity index is 361. The van der Waals surface area contributed by atoms with Crippen LogP contribution in [-0.4, -0.2) is 53.5 Å². The van der Waals surface area contributed by atoms with Crippen molar-refractivity contribution in [2.75, 3.05) is 26.2 Å². The quantitative estimate of drug-likeness (QED) is 0.861. The summed E-state index contributed by atoms with van der Waals surface area (Å²) < 4.78 is 0. The van der Waals surface area contributed by atoms with Crippen molar-refractivity contribution in [1.82, 2.24) is 9.80 Å². The Morgan fingerprint density at radius 2 is 2.00 bits per heavy atom. The van der Waals surface area contributed by atoms with E-state index in [9.17, 15) is 0 Å². The Kier molecular flexibility index (Phi) is 4.20. The largest absolute Gasteiger partial charge is 0.370 e. The first-order valence-electron chi connectivity index (χ1n) is 8.57. The van der Waals surface area contributed by atoms with Gasteiger partial charge in [0.25, 0.3) is 0 Å². The molecule has 1 unspecified atom stereocenters. The summed E-state index contributed by atoms with van der Waals surface area (Å²) in [6.07, 6.45) is 10.4. The van der Waals surface area contributed by atoms with Gasteiger partial charge in [-0.05, 0) is 51.6 Å². The van der Waals surface area contributed by atoms with Crippen LogP contribution in [0.5, 0.6) is 0 Å². The minimum atomic E-state index is 0.252. The first kappa shape index (κ1) is 14.2. The van der Waals surface area contributed by atoms with E-state index in [-0.39, 0.29) is 5.54 Å². The molecule has 0 amide bonds. The average Bonchev–Trinajstić information content (AvgIpc) is 2.99. The van der Waals surface area contributed by atoms with Gasteiger partial charge in [-0.25, -0.2) is 0 Å². The number of hydrogen-bond acceptors (Lipinski definition) is 4. The summed E-state index contributed by atoms with van der Waals surface area (Å²) in [5, 5.41) is 0. The zero-order valence-corrected chi connectivity index (χ0v) is 13.0. The first-order chi connectivity index (χ1) is 9.75. The van der Waals surface area contributed by atoms with Crippen molar-refractivity contribution >= 4 is 5.96 Å². The summed E-state index contributed by atoms with van der Waals surface area (Å²) >= 11 is 0. The van der Waals surface area contributed by atoms with Gasteiger partial charge in [-0.15, -0.1) is 0 Å². The van der Waals surface area contributed by atoms with Crippen LogP contribution in [-0.2, 0) is 0 Å². The van der Waals surface area contributed by atoms with Crippen LogP contribution in [0, 0.1) is 0 Å². The maximum atomic E-state index is 6.27. The molecule has 0 bridgehead atoms. The van der Waals surface area contributed by atoms with E-state index in [0.29, 0.717) is 6.04 Å². The molecule has 0 aromatic heterocycles. The van der Waals surface area contributed by atoms with Gasteiger partial charge in [0, 0.05) is 12.6 Å². The summed E-state index contributed by atoms with van der Waals surface area (Å²) in [5.41, 5.74) is 6.52. The highest BCUT2D eigenvalue weighted by Crippen LogP contribution is 2.38. The van der Waals surface area contributed by atoms with Crippen molar-refractivity contribution in [3.63, 3.8) is 0 Å². The Morgan fingerprint density at radius 1 is 1.20 bits per heavy atom. The molecule has 2 aliphatic heterocycles. The molecule has 114 valence electrons. The maximum Gasteiger partial charge on any atom is 0.192 e. The number of guanidine groups is 1. The topological polar surface area (TPSA) is 44.9 Å². The van der Waals surface area contributed by atoms with E-state index in [4.69, 9.17) is 5.73 Å². The molecule has 1 atom stereocenters. The third-order valence-electron chi connectivity index (χ3n) is 5.53. The fourth-order valence-corrected chi connectivity index (χ4v) is 4.53. The van der Waals surface area contributed by atoms with Crippen LogP contribution >= 0.6 is 0 Å². The minimum Gasteiger partial charge on any atom is -0.370 e. The van der Waals surface area contributed by atoms with Crippen LogP contribution in [0.25, 0.3) is 0 Å². The Labute approximate surface area is 123 Å². The fourth-order valence-electron chi connectivity index (χ4n) is 4.53. The van der Waals surface area contributed by atoms with E-state index in [1.165, 1.54) is 71.0 Å². The molecule has 0 radical (unpaired) electrons. The molecule has 1 spiro atoms. The van der Waals surface area contributed by atoms with Gasteiger partial charge in [0.15, 0.2) is 5.96 Å². The van der Waals surface area contributed by atoms with Crippen LogP contribution in [0.15, 0.2) is 4.99 Å². The number of aliphatic imine (C=N–C) groups is 1. The van der Waals surface area contributed by atoms with E-state index >= 15 is 0 Å². The molecule has 1 saturated carbocycles. The van der Waals surface area contributed by atoms with E-state index in [0.717, 1.165) is 12.5 Å². The van der Waals surface area contributed by atoms with Crippen molar-refractivity contribution in [2.45, 2.75) is 69.9 Å². The first-order valence-corrected chi connectivity index (χ1v) is 8.57. The average molecular weight is 278 g/mol. The van der Waals surface area contributed by atoms with Crippen molar-refractivity contribution in [2.24, 2.45) is 10.7 Å². The number of rotatable bonds is 3. The smallest absolute Gasteiger partial charge is 0.192 e. The van der Waals surface area contributed by atoms with Crippen LogP contribution in [0.2, 0.25) is 0 Å². The Balaban J connectivity index is 1.73. The van der Waals surface area contributed by atoms with Gasteiger partial charge in [0.05, 0.1) is 12.1 Å². The van der Waals surface area contributed by atoms with Gasteiger partial charge in [0.1, 0.15) is 0 Å². The summed E-state index contributed by atoms with van der Waals surface area (Å²) in [5.74, 6) is 0.834. The van der Waals surface area contributed by atoms with Crippen LogP contribution in [0.1, 0.15) is 58.3 Å². The van der Waals surface area contributed by atoms with Crippen molar-refractivity contribution < 1.29 is 0 Å². The van der Waals surface area contributed by atoms with Gasteiger partial charge < -0.3 is 15.5 Å². The number of likely N-dealkylation sites (tertiary alicyclic amines) is 1. The van der Waals surface area contributed by atoms with Crippen molar-refractivity contribution in [3.8, 4) is 0 Å². The normalized spacial score (nSPS) is 32.9. The monoisotopic (exact) mass is 278 g/mol. The zero-order valence-electron chi connectivity index (χ0n) is 13.0. The molecule has 20 heavy (non-hydrogen) atoms. The van der Waals surface area contributed by atoms with Crippen LogP contribution in [0.3, 0.4) is 0 Å². The zero-order chi connectivity index (χ0) is 14.0. The second kappa shape index (κ2) is 5.92. The second-order valence-corrected chi connectivity index (χ2v) is 6.90. The summed E-state index contributed by atoms with van der Waals surface area (Å²) in [7, 11) is 0. The van der Waals surface area contributed by atoms with Crippen molar-refractivity contribution in [1.29, 1.82) is 0 Å². The summed E-state index contributed by atoms with van der Waals surface area (Å²) in [6, 6.07) is 0.666. The van der Waals surface area contributed by atoms with Crippen LogP contribution in [0.4, 0.5) is 0 Å². The highest BCUT2D eigenvalue weighted by Gasteiger charge is 2.46. The number of nitrogens with zero attached hydrogens (tertiary/aromatic N) is 3. The molecule has 0 aromatic rings. The van der Waals surface area contributed by atoms with Gasteiger partial charge in [-0.2, -0.15) is 0 Å². The third kappa shape index (κ3) is 2.54. The highest BCUT2D eigenvalue weighted by atomic mass is 15.4. The molecular weight excluding hydrogens is 248 g/mol. The second-order valence-electron chi connectivity index (χ2n) is 6.90. The molecular formula is C16H30N4. The number of hydrogen-bond donors (Lipinski definition) is 1. The standard InChI is InChI=1S/C16H30N4/c1-2-10-19-11-5-8-16(9-12-19)13-18-15(17)20(16)14-6-3-4-7-14/h14H,2-13H2,1H3,(H2,17,18). The van der Waals surface area contributed by atoms with Crippen molar-refractivity contribution in [3.05, 3.63) is 0 Å². The predicted octanol–water partition coefficient (Wildman–Crippen LogP) is 2.19. The predicted molar refractivity (Wildman–Crippen MR) is 83.9 cm³/mol. The number of nitrogens with two attached hydrogens (primary N) is 1. The fraction of sp³-hybridized carbons (Fsp3) is 0.938. The maximum absolute atomic E-state index is 6.27. The van der Waals surface area contributed by atoms with Crippen LogP contribution < -0.4 is 5.73 Å². The van der Waals surface area contributed by atoms with Gasteiger partial charge in [-0.3, -0.25) is 4.99 Å². The molecule has 3 aliphatic rings. The lowest BCUT2D eigenvalue weighted by molar-refractivity contribution is 0.128. The minimum absolute atomic E-state index is 0.252.